The molecule has 0 saturated carbocycles. The predicted octanol–water partition coefficient (Wildman–Crippen LogP) is 0.551. The molecule has 1 fully saturated rings. The molecule has 24 heavy (non-hydrogen) atoms. The lowest BCUT2D eigenvalue weighted by molar-refractivity contribution is -0.126. The van der Waals surface area contributed by atoms with Gasteiger partial charge in [-0.25, -0.2) is 0 Å². The number of hydrogen-bond acceptors (Lipinski definition) is 5. The first-order valence-corrected chi connectivity index (χ1v) is 8.16. The molecule has 7 heteroatoms. The molecule has 0 aliphatic carbocycles. The minimum absolute atomic E-state index is 0.0956. The summed E-state index contributed by atoms with van der Waals surface area (Å²) in [4.78, 5) is 28.3. The molecule has 1 unspecified atom stereocenters. The molecule has 2 aliphatic heterocycles. The third kappa shape index (κ3) is 3.37. The van der Waals surface area contributed by atoms with Gasteiger partial charge < -0.3 is 19.7 Å². The van der Waals surface area contributed by atoms with Crippen LogP contribution in [0.5, 0.6) is 5.75 Å². The Hall–Kier alpha value is -2.12. The number of benzene rings is 1. The number of anilines is 1. The van der Waals surface area contributed by atoms with Crippen LogP contribution in [0.3, 0.4) is 0 Å². The summed E-state index contributed by atoms with van der Waals surface area (Å²) >= 11 is 0. The fourth-order valence-electron chi connectivity index (χ4n) is 3.18. The molecule has 1 saturated heterocycles. The Morgan fingerprint density at radius 2 is 2.08 bits per heavy atom. The number of morpholine rings is 1. The maximum Gasteiger partial charge on any atom is 0.254 e. The van der Waals surface area contributed by atoms with Crippen molar-refractivity contribution in [3.8, 4) is 5.75 Å². The van der Waals surface area contributed by atoms with Crippen molar-refractivity contribution in [3.63, 3.8) is 0 Å². The molecule has 1 aromatic rings. The van der Waals surface area contributed by atoms with Crippen LogP contribution in [-0.4, -0.2) is 63.2 Å². The van der Waals surface area contributed by atoms with Crippen LogP contribution in [0.15, 0.2) is 18.2 Å². The zero-order valence-electron chi connectivity index (χ0n) is 14.1. The first-order valence-electron chi connectivity index (χ1n) is 8.16. The number of carbonyl (C=O) groups excluding carboxylic acids is 2. The molecule has 2 amide bonds. The van der Waals surface area contributed by atoms with Crippen LogP contribution in [0.2, 0.25) is 0 Å². The summed E-state index contributed by atoms with van der Waals surface area (Å²) in [6.07, 6.45) is 0. The van der Waals surface area contributed by atoms with Gasteiger partial charge >= 0.3 is 0 Å². The quantitative estimate of drug-likeness (QED) is 0.852. The first-order chi connectivity index (χ1) is 11.6. The van der Waals surface area contributed by atoms with Gasteiger partial charge in [0.05, 0.1) is 20.3 Å². The van der Waals surface area contributed by atoms with E-state index in [2.05, 4.69) is 10.2 Å². The van der Waals surface area contributed by atoms with E-state index < -0.39 is 6.04 Å². The number of carbonyl (C=O) groups is 2. The van der Waals surface area contributed by atoms with Crippen molar-refractivity contribution < 1.29 is 19.1 Å². The Morgan fingerprint density at radius 3 is 2.75 bits per heavy atom. The fraction of sp³-hybridized carbons (Fsp3) is 0.529. The summed E-state index contributed by atoms with van der Waals surface area (Å²) in [5.41, 5.74) is 1.63. The van der Waals surface area contributed by atoms with Gasteiger partial charge in [-0.2, -0.15) is 0 Å². The van der Waals surface area contributed by atoms with Crippen molar-refractivity contribution in [2.24, 2.45) is 0 Å². The second-order valence-corrected chi connectivity index (χ2v) is 6.00. The normalized spacial score (nSPS) is 20.8. The minimum Gasteiger partial charge on any atom is -0.497 e. The lowest BCUT2D eigenvalue weighted by Gasteiger charge is -2.28. The summed E-state index contributed by atoms with van der Waals surface area (Å²) in [6, 6.07) is 4.90. The highest BCUT2D eigenvalue weighted by molar-refractivity contribution is 6.06. The van der Waals surface area contributed by atoms with Gasteiger partial charge in [0.1, 0.15) is 11.8 Å². The largest absolute Gasteiger partial charge is 0.497 e. The minimum atomic E-state index is -0.641. The zero-order valence-corrected chi connectivity index (χ0v) is 14.1. The molecular formula is C17H23N3O4. The average Bonchev–Trinajstić information content (AvgIpc) is 2.85. The van der Waals surface area contributed by atoms with E-state index in [0.717, 1.165) is 44.1 Å². The number of ether oxygens (including phenoxy) is 2. The Kier molecular flexibility index (Phi) is 5.01. The van der Waals surface area contributed by atoms with Gasteiger partial charge in [0.15, 0.2) is 0 Å². The van der Waals surface area contributed by atoms with Crippen LogP contribution in [0.1, 0.15) is 18.5 Å². The van der Waals surface area contributed by atoms with E-state index in [4.69, 9.17) is 9.47 Å². The fourth-order valence-corrected chi connectivity index (χ4v) is 3.18. The monoisotopic (exact) mass is 333 g/mol. The Morgan fingerprint density at radius 1 is 1.33 bits per heavy atom. The molecule has 0 spiro atoms. The molecule has 2 aliphatic rings. The SMILES string of the molecule is COc1ccc2c(c1)C(NC(C)=O)C(=O)N2CCN1CCOCC1. The van der Waals surface area contributed by atoms with Gasteiger partial charge in [-0.1, -0.05) is 0 Å². The van der Waals surface area contributed by atoms with E-state index in [1.54, 1.807) is 12.0 Å². The second-order valence-electron chi connectivity index (χ2n) is 6.00. The molecule has 0 bridgehead atoms. The van der Waals surface area contributed by atoms with E-state index in [1.807, 2.05) is 18.2 Å². The van der Waals surface area contributed by atoms with E-state index in [9.17, 15) is 9.59 Å². The third-order valence-electron chi connectivity index (χ3n) is 4.44. The van der Waals surface area contributed by atoms with Crippen molar-refractivity contribution >= 4 is 17.5 Å². The highest BCUT2D eigenvalue weighted by atomic mass is 16.5. The first kappa shape index (κ1) is 16.7. The molecule has 7 nitrogen and oxygen atoms in total. The van der Waals surface area contributed by atoms with Gasteiger partial charge in [0, 0.05) is 44.4 Å². The van der Waals surface area contributed by atoms with Crippen molar-refractivity contribution in [2.45, 2.75) is 13.0 Å². The van der Waals surface area contributed by atoms with E-state index in [0.29, 0.717) is 12.3 Å². The third-order valence-corrected chi connectivity index (χ3v) is 4.44. The number of methoxy groups -OCH3 is 1. The Labute approximate surface area is 141 Å². The maximum absolute atomic E-state index is 12.8. The highest BCUT2D eigenvalue weighted by Crippen LogP contribution is 2.38. The van der Waals surface area contributed by atoms with Crippen LogP contribution in [0.4, 0.5) is 5.69 Å². The van der Waals surface area contributed by atoms with Crippen LogP contribution < -0.4 is 15.0 Å². The van der Waals surface area contributed by atoms with Crippen molar-refractivity contribution in [3.05, 3.63) is 23.8 Å². The van der Waals surface area contributed by atoms with E-state index >= 15 is 0 Å². The number of rotatable bonds is 5. The number of amides is 2. The van der Waals surface area contributed by atoms with Gasteiger partial charge in [0.2, 0.25) is 5.91 Å². The van der Waals surface area contributed by atoms with Gasteiger partial charge in [-0.3, -0.25) is 14.5 Å². The van der Waals surface area contributed by atoms with Gasteiger partial charge in [0.25, 0.3) is 5.91 Å². The Balaban J connectivity index is 1.79. The molecule has 3 rings (SSSR count). The van der Waals surface area contributed by atoms with Crippen LogP contribution in [0.25, 0.3) is 0 Å². The number of hydrogen-bond donors (Lipinski definition) is 1. The molecule has 1 N–H and O–H groups in total. The molecule has 0 aromatic heterocycles. The second kappa shape index (κ2) is 7.19. The molecule has 0 radical (unpaired) electrons. The smallest absolute Gasteiger partial charge is 0.254 e. The summed E-state index contributed by atoms with van der Waals surface area (Å²) in [5.74, 6) is 0.353. The van der Waals surface area contributed by atoms with Crippen molar-refractivity contribution in [1.29, 1.82) is 0 Å². The van der Waals surface area contributed by atoms with E-state index in [1.165, 1.54) is 6.92 Å². The van der Waals surface area contributed by atoms with E-state index in [-0.39, 0.29) is 11.8 Å². The van der Waals surface area contributed by atoms with Gasteiger partial charge in [-0.05, 0) is 18.2 Å². The molecule has 2 heterocycles. The van der Waals surface area contributed by atoms with Crippen molar-refractivity contribution in [1.82, 2.24) is 10.2 Å². The lowest BCUT2D eigenvalue weighted by atomic mass is 10.1. The number of fused-ring (bicyclic) bond motifs is 1. The molecule has 130 valence electrons. The predicted molar refractivity (Wildman–Crippen MR) is 89.2 cm³/mol. The maximum atomic E-state index is 12.8. The lowest BCUT2D eigenvalue weighted by Crippen LogP contribution is -2.43. The Bertz CT molecular complexity index is 628. The summed E-state index contributed by atoms with van der Waals surface area (Å²) in [5, 5.41) is 2.75. The topological polar surface area (TPSA) is 71.1 Å². The van der Waals surface area contributed by atoms with Crippen LogP contribution in [0, 0.1) is 0 Å². The molecule has 1 aromatic carbocycles. The van der Waals surface area contributed by atoms with Gasteiger partial charge in [-0.15, -0.1) is 0 Å². The zero-order chi connectivity index (χ0) is 17.1. The van der Waals surface area contributed by atoms with Crippen molar-refractivity contribution in [2.75, 3.05) is 51.4 Å². The van der Waals surface area contributed by atoms with Crippen LogP contribution in [-0.2, 0) is 14.3 Å². The number of nitrogens with zero attached hydrogens (tertiary/aromatic N) is 2. The van der Waals surface area contributed by atoms with Crippen LogP contribution >= 0.6 is 0 Å². The molecular weight excluding hydrogens is 310 g/mol. The summed E-state index contributed by atoms with van der Waals surface area (Å²) in [7, 11) is 1.59. The highest BCUT2D eigenvalue weighted by Gasteiger charge is 2.38. The number of nitrogens with one attached hydrogen (secondary N) is 1. The summed E-state index contributed by atoms with van der Waals surface area (Å²) in [6.45, 7) is 6.02. The molecule has 1 atom stereocenters. The average molecular weight is 333 g/mol. The standard InChI is InChI=1S/C17H23N3O4/c1-12(21)18-16-14-11-13(23-2)3-4-15(14)20(17(16)22)6-5-19-7-9-24-10-8-19/h3-4,11,16H,5-10H2,1-2H3,(H,18,21). The summed E-state index contributed by atoms with van der Waals surface area (Å²) < 4.78 is 10.6.